The number of alkyl halides is 3. The van der Waals surface area contributed by atoms with Gasteiger partial charge in [-0.2, -0.15) is 18.2 Å². The summed E-state index contributed by atoms with van der Waals surface area (Å²) in [6, 6.07) is 3.12. The second-order valence-electron chi connectivity index (χ2n) is 5.13. The maximum absolute atomic E-state index is 14.2. The lowest BCUT2D eigenvalue weighted by Gasteiger charge is -2.12. The lowest BCUT2D eigenvalue weighted by molar-refractivity contribution is -0.140. The molecule has 0 spiro atoms. The monoisotopic (exact) mass is 340 g/mol. The van der Waals surface area contributed by atoms with Gasteiger partial charge in [0.2, 0.25) is 11.5 Å². The van der Waals surface area contributed by atoms with Crippen LogP contribution in [0.25, 0.3) is 11.3 Å². The third-order valence-electron chi connectivity index (χ3n) is 3.42. The molecule has 0 aliphatic carbocycles. The molecule has 2 aromatic heterocycles. The van der Waals surface area contributed by atoms with E-state index in [0.717, 1.165) is 6.07 Å². The molecule has 1 N–H and O–H groups in total. The molecule has 126 valence electrons. The summed E-state index contributed by atoms with van der Waals surface area (Å²) in [5.41, 5.74) is -0.571. The van der Waals surface area contributed by atoms with Crippen molar-refractivity contribution in [1.82, 2.24) is 19.9 Å². The molecule has 0 saturated heterocycles. The molecule has 24 heavy (non-hydrogen) atoms. The summed E-state index contributed by atoms with van der Waals surface area (Å²) < 4.78 is 57.7. The van der Waals surface area contributed by atoms with Gasteiger partial charge in [-0.05, 0) is 18.6 Å². The number of nitrogens with zero attached hydrogens (tertiary/aromatic N) is 3. The topological polar surface area (TPSA) is 63.7 Å². The van der Waals surface area contributed by atoms with Crippen molar-refractivity contribution in [3.63, 3.8) is 0 Å². The largest absolute Gasteiger partial charge is 0.480 e. The number of aromatic nitrogens is 4. The number of methoxy groups -OCH3 is 1. The van der Waals surface area contributed by atoms with Crippen molar-refractivity contribution in [2.24, 2.45) is 0 Å². The number of imidazole rings is 1. The maximum atomic E-state index is 14.2. The van der Waals surface area contributed by atoms with Crippen molar-refractivity contribution in [3.8, 4) is 5.88 Å². The number of aromatic amines is 1. The zero-order valence-corrected chi connectivity index (χ0v) is 12.7. The molecule has 0 radical (unpaired) electrons. The molecule has 0 amide bonds. The highest BCUT2D eigenvalue weighted by molar-refractivity contribution is 5.66. The molecule has 3 aromatic rings. The van der Waals surface area contributed by atoms with Gasteiger partial charge < -0.3 is 9.72 Å². The third kappa shape index (κ3) is 2.89. The predicted octanol–water partition coefficient (Wildman–Crippen LogP) is 3.42. The minimum Gasteiger partial charge on any atom is -0.480 e. The van der Waals surface area contributed by atoms with Crippen LogP contribution in [-0.2, 0) is 12.6 Å². The zero-order valence-electron chi connectivity index (χ0n) is 12.7. The second kappa shape index (κ2) is 5.73. The number of benzene rings is 1. The Morgan fingerprint density at radius 2 is 1.92 bits per heavy atom. The molecule has 5 nitrogen and oxygen atoms in total. The molecular weight excluding hydrogens is 328 g/mol. The number of fused-ring (bicyclic) bond motifs is 1. The van der Waals surface area contributed by atoms with Crippen molar-refractivity contribution in [2.45, 2.75) is 19.5 Å². The Bertz CT molecular complexity index is 904. The van der Waals surface area contributed by atoms with E-state index in [0.29, 0.717) is 23.2 Å². The van der Waals surface area contributed by atoms with Crippen LogP contribution in [0, 0.1) is 12.7 Å². The highest BCUT2D eigenvalue weighted by Crippen LogP contribution is 2.33. The smallest absolute Gasteiger partial charge is 0.419 e. The molecule has 0 aliphatic heterocycles. The second-order valence-corrected chi connectivity index (χ2v) is 5.13. The Labute approximate surface area is 133 Å². The third-order valence-corrected chi connectivity index (χ3v) is 3.42. The van der Waals surface area contributed by atoms with E-state index in [1.807, 2.05) is 0 Å². The van der Waals surface area contributed by atoms with Gasteiger partial charge in [-0.15, -0.1) is 0 Å². The van der Waals surface area contributed by atoms with Gasteiger partial charge in [-0.3, -0.25) is 0 Å². The SMILES string of the molecule is COc1nc2nc(C)[nH]c2nc1Cc1cccc(C(F)(F)F)c1F. The average Bonchev–Trinajstić information content (AvgIpc) is 2.86. The fraction of sp³-hybridized carbons (Fsp3) is 0.267. The molecule has 9 heteroatoms. The normalized spacial score (nSPS) is 11.9. The number of nitrogens with one attached hydrogen (secondary N) is 1. The Morgan fingerprint density at radius 3 is 2.58 bits per heavy atom. The quantitative estimate of drug-likeness (QED) is 0.742. The van der Waals surface area contributed by atoms with Gasteiger partial charge in [-0.25, -0.2) is 14.4 Å². The number of hydrogen-bond acceptors (Lipinski definition) is 4. The summed E-state index contributed by atoms with van der Waals surface area (Å²) in [6.07, 6.45) is -4.96. The number of aryl methyl sites for hydroxylation is 1. The fourth-order valence-electron chi connectivity index (χ4n) is 2.36. The van der Waals surface area contributed by atoms with Crippen LogP contribution >= 0.6 is 0 Å². The maximum Gasteiger partial charge on any atom is 0.419 e. The summed E-state index contributed by atoms with van der Waals surface area (Å²) in [5, 5.41) is 0. The lowest BCUT2D eigenvalue weighted by Crippen LogP contribution is -2.10. The standard InChI is InChI=1S/C15H12F4N4O/c1-7-20-12-13(21-7)23-14(24-2)10(22-12)6-8-4-3-5-9(11(8)16)15(17,18)19/h3-5H,6H2,1-2H3,(H,20,21,22,23). The highest BCUT2D eigenvalue weighted by atomic mass is 19.4. The first-order valence-corrected chi connectivity index (χ1v) is 6.91. The minimum atomic E-state index is -4.76. The summed E-state index contributed by atoms with van der Waals surface area (Å²) >= 11 is 0. The molecule has 0 atom stereocenters. The number of ether oxygens (including phenoxy) is 1. The van der Waals surface area contributed by atoms with Crippen molar-refractivity contribution in [2.75, 3.05) is 7.11 Å². The van der Waals surface area contributed by atoms with Gasteiger partial charge in [0.25, 0.3) is 0 Å². The predicted molar refractivity (Wildman–Crippen MR) is 77.2 cm³/mol. The fourth-order valence-corrected chi connectivity index (χ4v) is 2.36. The molecule has 3 rings (SSSR count). The number of rotatable bonds is 3. The van der Waals surface area contributed by atoms with E-state index < -0.39 is 17.6 Å². The zero-order chi connectivity index (χ0) is 17.5. The summed E-state index contributed by atoms with van der Waals surface area (Å²) in [7, 11) is 1.35. The molecule has 0 bridgehead atoms. The summed E-state index contributed by atoms with van der Waals surface area (Å²) in [6.45, 7) is 1.71. The van der Waals surface area contributed by atoms with Crippen LogP contribution in [0.3, 0.4) is 0 Å². The van der Waals surface area contributed by atoms with E-state index in [-0.39, 0.29) is 23.6 Å². The highest BCUT2D eigenvalue weighted by Gasteiger charge is 2.34. The van der Waals surface area contributed by atoms with Crippen LogP contribution in [0.2, 0.25) is 0 Å². The van der Waals surface area contributed by atoms with E-state index in [1.54, 1.807) is 6.92 Å². The van der Waals surface area contributed by atoms with Gasteiger partial charge in [0, 0.05) is 6.42 Å². The van der Waals surface area contributed by atoms with Crippen LogP contribution in [0.5, 0.6) is 5.88 Å². The molecular formula is C15H12F4N4O. The van der Waals surface area contributed by atoms with E-state index in [4.69, 9.17) is 4.74 Å². The Hall–Kier alpha value is -2.71. The van der Waals surface area contributed by atoms with Crippen molar-refractivity contribution in [1.29, 1.82) is 0 Å². The van der Waals surface area contributed by atoms with Gasteiger partial charge in [-0.1, -0.05) is 12.1 Å². The van der Waals surface area contributed by atoms with E-state index in [2.05, 4.69) is 19.9 Å². The van der Waals surface area contributed by atoms with Crippen LogP contribution in [-0.4, -0.2) is 27.0 Å². The summed E-state index contributed by atoms with van der Waals surface area (Å²) in [4.78, 5) is 15.4. The Kier molecular flexibility index (Phi) is 3.86. The summed E-state index contributed by atoms with van der Waals surface area (Å²) in [5.74, 6) is -0.657. The number of hydrogen-bond donors (Lipinski definition) is 1. The minimum absolute atomic E-state index is 0.0887. The van der Waals surface area contributed by atoms with Crippen LogP contribution < -0.4 is 4.74 Å². The van der Waals surface area contributed by atoms with Gasteiger partial charge in [0.15, 0.2) is 5.65 Å². The first kappa shape index (κ1) is 16.2. The van der Waals surface area contributed by atoms with E-state index >= 15 is 0 Å². The number of halogens is 4. The van der Waals surface area contributed by atoms with E-state index in [1.165, 1.54) is 13.2 Å². The first-order valence-electron chi connectivity index (χ1n) is 6.91. The molecule has 0 unspecified atom stereocenters. The molecule has 0 saturated carbocycles. The van der Waals surface area contributed by atoms with Gasteiger partial charge in [0.05, 0.1) is 12.7 Å². The number of H-pyrrole nitrogens is 1. The molecule has 2 heterocycles. The van der Waals surface area contributed by atoms with Crippen LogP contribution in [0.1, 0.15) is 22.6 Å². The Morgan fingerprint density at radius 1 is 1.17 bits per heavy atom. The van der Waals surface area contributed by atoms with Gasteiger partial charge >= 0.3 is 6.18 Å². The lowest BCUT2D eigenvalue weighted by atomic mass is 10.0. The van der Waals surface area contributed by atoms with Crippen molar-refractivity contribution >= 4 is 11.3 Å². The van der Waals surface area contributed by atoms with Crippen molar-refractivity contribution in [3.05, 3.63) is 46.7 Å². The first-order chi connectivity index (χ1) is 11.3. The molecule has 0 fully saturated rings. The van der Waals surface area contributed by atoms with E-state index in [9.17, 15) is 17.6 Å². The van der Waals surface area contributed by atoms with Crippen LogP contribution in [0.4, 0.5) is 17.6 Å². The molecule has 0 aliphatic rings. The van der Waals surface area contributed by atoms with Crippen LogP contribution in [0.15, 0.2) is 18.2 Å². The molecule has 1 aromatic carbocycles. The van der Waals surface area contributed by atoms with Crippen molar-refractivity contribution < 1.29 is 22.3 Å². The average molecular weight is 340 g/mol. The Balaban J connectivity index is 2.06. The van der Waals surface area contributed by atoms with Gasteiger partial charge in [0.1, 0.15) is 17.3 Å².